The summed E-state index contributed by atoms with van der Waals surface area (Å²) in [6.07, 6.45) is 0.479. The van der Waals surface area contributed by atoms with Gasteiger partial charge in [-0.3, -0.25) is 9.10 Å². The molecule has 0 spiro atoms. The van der Waals surface area contributed by atoms with Crippen molar-refractivity contribution in [2.24, 2.45) is 0 Å². The molecule has 0 saturated heterocycles. The molecule has 0 atom stereocenters. The van der Waals surface area contributed by atoms with Gasteiger partial charge in [0.2, 0.25) is 0 Å². The molecule has 0 aliphatic carbocycles. The molecule has 0 bridgehead atoms. The second kappa shape index (κ2) is 11.5. The zero-order valence-corrected chi connectivity index (χ0v) is 19.3. The van der Waals surface area contributed by atoms with Crippen molar-refractivity contribution in [2.75, 3.05) is 24.1 Å². The Morgan fingerprint density at radius 1 is 0.970 bits per heavy atom. The predicted octanol–water partition coefficient (Wildman–Crippen LogP) is 3.27. The van der Waals surface area contributed by atoms with Crippen LogP contribution in [0.15, 0.2) is 83.8 Å². The first-order valence-corrected chi connectivity index (χ1v) is 12.1. The zero-order valence-electron chi connectivity index (χ0n) is 18.5. The van der Waals surface area contributed by atoms with Crippen molar-refractivity contribution in [3.8, 4) is 5.75 Å². The standard InChI is InChI=1S/C25H28N2O5S/c1-20-8-14-24(15-9-20)33(30,31)27(18-21-6-3-2-4-7-21)22-10-12-23(13-11-22)32-19-25(29)26-16-5-17-28/h2-4,6-15,28H,5,16-19H2,1H3,(H,26,29). The number of carbonyl (C=O) groups excluding carboxylic acids is 1. The molecular weight excluding hydrogens is 440 g/mol. The SMILES string of the molecule is Cc1ccc(S(=O)(=O)N(Cc2ccccc2)c2ccc(OCC(=O)NCCCO)cc2)cc1. The highest BCUT2D eigenvalue weighted by molar-refractivity contribution is 7.92. The molecule has 3 aromatic rings. The largest absolute Gasteiger partial charge is 0.484 e. The number of aryl methyl sites for hydroxylation is 1. The Kier molecular flexibility index (Phi) is 8.46. The Balaban J connectivity index is 1.80. The predicted molar refractivity (Wildman–Crippen MR) is 128 cm³/mol. The van der Waals surface area contributed by atoms with E-state index in [0.717, 1.165) is 11.1 Å². The van der Waals surface area contributed by atoms with E-state index in [1.165, 1.54) is 4.31 Å². The van der Waals surface area contributed by atoms with Crippen LogP contribution >= 0.6 is 0 Å². The van der Waals surface area contributed by atoms with Crippen LogP contribution in [0.25, 0.3) is 0 Å². The van der Waals surface area contributed by atoms with Crippen molar-refractivity contribution in [2.45, 2.75) is 24.8 Å². The molecule has 0 aliphatic rings. The topological polar surface area (TPSA) is 95.9 Å². The lowest BCUT2D eigenvalue weighted by molar-refractivity contribution is -0.123. The molecule has 8 heteroatoms. The van der Waals surface area contributed by atoms with Crippen LogP contribution in [0.3, 0.4) is 0 Å². The Morgan fingerprint density at radius 2 is 1.64 bits per heavy atom. The van der Waals surface area contributed by atoms with Crippen molar-refractivity contribution in [1.29, 1.82) is 0 Å². The number of hydrogen-bond donors (Lipinski definition) is 2. The molecular formula is C25H28N2O5S. The van der Waals surface area contributed by atoms with E-state index in [9.17, 15) is 13.2 Å². The van der Waals surface area contributed by atoms with E-state index in [4.69, 9.17) is 9.84 Å². The molecule has 0 aliphatic heterocycles. The molecule has 0 fully saturated rings. The highest BCUT2D eigenvalue weighted by Crippen LogP contribution is 2.28. The lowest BCUT2D eigenvalue weighted by Crippen LogP contribution is -2.31. The van der Waals surface area contributed by atoms with Gasteiger partial charge in [-0.15, -0.1) is 0 Å². The lowest BCUT2D eigenvalue weighted by Gasteiger charge is -2.25. The Bertz CT molecular complexity index is 1130. The number of nitrogens with zero attached hydrogens (tertiary/aromatic N) is 1. The van der Waals surface area contributed by atoms with Gasteiger partial charge in [0, 0.05) is 13.2 Å². The fourth-order valence-electron chi connectivity index (χ4n) is 3.12. The van der Waals surface area contributed by atoms with Crippen molar-refractivity contribution in [3.63, 3.8) is 0 Å². The van der Waals surface area contributed by atoms with Gasteiger partial charge in [0.25, 0.3) is 15.9 Å². The van der Waals surface area contributed by atoms with E-state index in [-0.39, 0.29) is 30.6 Å². The Morgan fingerprint density at radius 3 is 2.27 bits per heavy atom. The van der Waals surface area contributed by atoms with Crippen molar-refractivity contribution < 1.29 is 23.1 Å². The maximum absolute atomic E-state index is 13.5. The summed E-state index contributed by atoms with van der Waals surface area (Å²) in [5.41, 5.74) is 2.32. The number of rotatable bonds is 11. The average Bonchev–Trinajstić information content (AvgIpc) is 2.83. The van der Waals surface area contributed by atoms with Crippen LogP contribution in [0.2, 0.25) is 0 Å². The minimum atomic E-state index is -3.81. The van der Waals surface area contributed by atoms with Crippen LogP contribution in [0, 0.1) is 6.92 Å². The molecule has 33 heavy (non-hydrogen) atoms. The normalized spacial score (nSPS) is 11.1. The van der Waals surface area contributed by atoms with E-state index in [0.29, 0.717) is 24.4 Å². The minimum Gasteiger partial charge on any atom is -0.484 e. The number of benzene rings is 3. The number of aliphatic hydroxyl groups is 1. The van der Waals surface area contributed by atoms with Gasteiger partial charge < -0.3 is 15.2 Å². The summed E-state index contributed by atoms with van der Waals surface area (Å²) in [5.74, 6) is 0.156. The van der Waals surface area contributed by atoms with Crippen LogP contribution in [-0.4, -0.2) is 39.2 Å². The van der Waals surface area contributed by atoms with Gasteiger partial charge in [-0.25, -0.2) is 8.42 Å². The summed E-state index contributed by atoms with van der Waals surface area (Å²) in [4.78, 5) is 12.0. The van der Waals surface area contributed by atoms with Crippen LogP contribution < -0.4 is 14.4 Å². The third-order valence-electron chi connectivity index (χ3n) is 4.93. The number of amides is 1. The number of carbonyl (C=O) groups is 1. The third kappa shape index (κ3) is 6.81. The smallest absolute Gasteiger partial charge is 0.264 e. The minimum absolute atomic E-state index is 0.00752. The lowest BCUT2D eigenvalue weighted by atomic mass is 10.2. The first-order valence-electron chi connectivity index (χ1n) is 10.6. The fourth-order valence-corrected chi connectivity index (χ4v) is 4.57. The first kappa shape index (κ1) is 24.3. The van der Waals surface area contributed by atoms with Crippen LogP contribution in [-0.2, 0) is 21.4 Å². The monoisotopic (exact) mass is 468 g/mol. The summed E-state index contributed by atoms with van der Waals surface area (Å²) >= 11 is 0. The van der Waals surface area contributed by atoms with Gasteiger partial charge in [0.05, 0.1) is 17.1 Å². The first-order chi connectivity index (χ1) is 15.9. The number of sulfonamides is 1. The van der Waals surface area contributed by atoms with Crippen LogP contribution in [0.4, 0.5) is 5.69 Å². The maximum atomic E-state index is 13.5. The second-order valence-electron chi connectivity index (χ2n) is 7.52. The van der Waals surface area contributed by atoms with Gasteiger partial charge in [-0.2, -0.15) is 0 Å². The maximum Gasteiger partial charge on any atom is 0.264 e. The van der Waals surface area contributed by atoms with Crippen molar-refractivity contribution >= 4 is 21.6 Å². The number of anilines is 1. The molecule has 0 aromatic heterocycles. The van der Waals surface area contributed by atoms with E-state index >= 15 is 0 Å². The number of hydrogen-bond acceptors (Lipinski definition) is 5. The second-order valence-corrected chi connectivity index (χ2v) is 9.38. The zero-order chi connectivity index (χ0) is 23.7. The quantitative estimate of drug-likeness (QED) is 0.421. The Labute approximate surface area is 194 Å². The van der Waals surface area contributed by atoms with E-state index in [2.05, 4.69) is 5.32 Å². The van der Waals surface area contributed by atoms with Gasteiger partial charge >= 0.3 is 0 Å². The third-order valence-corrected chi connectivity index (χ3v) is 6.72. The molecule has 7 nitrogen and oxygen atoms in total. The molecule has 3 rings (SSSR count). The highest BCUT2D eigenvalue weighted by Gasteiger charge is 2.25. The van der Waals surface area contributed by atoms with Gasteiger partial charge in [-0.1, -0.05) is 48.0 Å². The summed E-state index contributed by atoms with van der Waals surface area (Å²) in [6.45, 7) is 2.30. The summed E-state index contributed by atoms with van der Waals surface area (Å²) in [7, 11) is -3.81. The average molecular weight is 469 g/mol. The molecule has 0 heterocycles. The van der Waals surface area contributed by atoms with Crippen LogP contribution in [0.5, 0.6) is 5.75 Å². The van der Waals surface area contributed by atoms with E-state index in [1.807, 2.05) is 37.3 Å². The summed E-state index contributed by atoms with van der Waals surface area (Å²) in [5, 5.41) is 11.4. The van der Waals surface area contributed by atoms with Crippen LogP contribution in [0.1, 0.15) is 17.5 Å². The number of ether oxygens (including phenoxy) is 1. The number of nitrogens with one attached hydrogen (secondary N) is 1. The molecule has 0 radical (unpaired) electrons. The van der Waals surface area contributed by atoms with Gasteiger partial charge in [0.1, 0.15) is 5.75 Å². The molecule has 0 unspecified atom stereocenters. The molecule has 0 saturated carbocycles. The van der Waals surface area contributed by atoms with Crippen molar-refractivity contribution in [3.05, 3.63) is 90.0 Å². The fraction of sp³-hybridized carbons (Fsp3) is 0.240. The highest BCUT2D eigenvalue weighted by atomic mass is 32.2. The molecule has 174 valence electrons. The summed E-state index contributed by atoms with van der Waals surface area (Å²) < 4.78 is 33.8. The van der Waals surface area contributed by atoms with E-state index < -0.39 is 10.0 Å². The Hall–Kier alpha value is -3.36. The number of aliphatic hydroxyl groups excluding tert-OH is 1. The summed E-state index contributed by atoms with van der Waals surface area (Å²) in [6, 6.07) is 22.7. The molecule has 2 N–H and O–H groups in total. The van der Waals surface area contributed by atoms with Gasteiger partial charge in [-0.05, 0) is 55.3 Å². The van der Waals surface area contributed by atoms with Crippen molar-refractivity contribution in [1.82, 2.24) is 5.32 Å². The van der Waals surface area contributed by atoms with E-state index in [1.54, 1.807) is 48.5 Å². The molecule has 1 amide bonds. The van der Waals surface area contributed by atoms with Gasteiger partial charge in [0.15, 0.2) is 6.61 Å². The molecule has 3 aromatic carbocycles.